The molecule has 26 aromatic carbocycles. The molecule has 0 atom stereocenters. The number of fused-ring (bicyclic) bond motifs is 18. The molecule has 0 fully saturated rings. The van der Waals surface area contributed by atoms with Gasteiger partial charge in [0.2, 0.25) is 0 Å². The van der Waals surface area contributed by atoms with Gasteiger partial charge in [0.05, 0.1) is 0 Å². The zero-order valence-electron chi connectivity index (χ0n) is 85.0. The van der Waals surface area contributed by atoms with Crippen LogP contribution in [-0.4, -0.2) is 0 Å². The predicted molar refractivity (Wildman–Crippen MR) is 639 cm³/mol. The Hall–Kier alpha value is -17.9. The molecule has 3 aliphatic carbocycles. The first-order valence-electron chi connectivity index (χ1n) is 52.5. The van der Waals surface area contributed by atoms with Crippen molar-refractivity contribution in [3.8, 4) is 156 Å². The fourth-order valence-electron chi connectivity index (χ4n) is 25.7. The normalized spacial score (nSPS) is 13.1. The summed E-state index contributed by atoms with van der Waals surface area (Å²) >= 11 is 0. The summed E-state index contributed by atoms with van der Waals surface area (Å²) in [6.45, 7) is 18.7. The molecule has 0 heteroatoms. The maximum atomic E-state index is 2.48. The molecule has 0 heterocycles. The fraction of sp³-hybridized carbons (Fsp3) is 0.0738. The van der Waals surface area contributed by atoms with Gasteiger partial charge < -0.3 is 0 Å². The zero-order valence-corrected chi connectivity index (χ0v) is 85.0. The summed E-state index contributed by atoms with van der Waals surface area (Å²) in [5, 5.41) is 22.9. The summed E-state index contributed by atoms with van der Waals surface area (Å²) in [6, 6.07) is 190. The lowest BCUT2D eigenvalue weighted by molar-refractivity contribution is 0.660. The van der Waals surface area contributed by atoms with Crippen molar-refractivity contribution in [1.29, 1.82) is 0 Å². The maximum Gasteiger partial charge on any atom is 0.0159 e. The van der Waals surface area contributed by atoms with Crippen molar-refractivity contribution >= 4 is 97.0 Å². The standard InChI is InChI=1S/2C51H36.C47H36/c1-51(2)47-23-13-12-19-40(47)41-28-27-38(32-48(41)51)49-43-21-10-11-22-44(43)50(42-20-9-8-18-39(42)34-15-4-3-5-16-34)45-29-26-37(31-46(45)49)36-25-24-33-14-6-7-17-35(33)30-36;1-51(2)47-22-11-10-19-41(47)42-27-26-40(32-48(42)51)50-44-21-9-8-20-43(44)49(39-18-12-17-36(30-39)33-13-4-3-5-14-33)45-28-25-38(31-46(45)50)37-24-23-34-15-6-7-16-35(34)29-37;1-29-17-22-36(30(2)25-29)46-40-15-8-7-14-39(40)45(35-21-23-38-37-13-9-10-16-43(37)47(3,4)44(38)28-35)42-27-34(20-24-41(42)46)33-19-18-31-11-5-6-12-32(31)26-33/h2*3-32H,1-2H3;5-28H,1-4H3. The van der Waals surface area contributed by atoms with Crippen LogP contribution in [0.5, 0.6) is 0 Å². The minimum atomic E-state index is -0.0850. The lowest BCUT2D eigenvalue weighted by Crippen LogP contribution is -2.14. The second kappa shape index (κ2) is 35.8. The van der Waals surface area contributed by atoms with Crippen LogP contribution in [0.4, 0.5) is 0 Å². The van der Waals surface area contributed by atoms with Gasteiger partial charge in [-0.1, -0.05) is 496 Å². The molecule has 29 rings (SSSR count). The number of hydrogen-bond donors (Lipinski definition) is 0. The topological polar surface area (TPSA) is 0 Å². The Morgan fingerprint density at radius 3 is 0.758 bits per heavy atom. The van der Waals surface area contributed by atoms with E-state index in [1.807, 2.05) is 0 Å². The molecular weight excluding hydrogens is 1790 g/mol. The third-order valence-electron chi connectivity index (χ3n) is 33.1. The molecule has 704 valence electrons. The van der Waals surface area contributed by atoms with Crippen LogP contribution >= 0.6 is 0 Å². The molecular formula is C149H108. The third kappa shape index (κ3) is 15.1. The molecule has 0 bridgehead atoms. The van der Waals surface area contributed by atoms with Gasteiger partial charge in [-0.3, -0.25) is 0 Å². The van der Waals surface area contributed by atoms with Gasteiger partial charge in [-0.05, 0) is 366 Å². The van der Waals surface area contributed by atoms with Crippen LogP contribution in [0.1, 0.15) is 86.1 Å². The zero-order chi connectivity index (χ0) is 100. The largest absolute Gasteiger partial charge is 0.0622 e. The first-order chi connectivity index (χ1) is 73.0. The van der Waals surface area contributed by atoms with Gasteiger partial charge in [0.1, 0.15) is 0 Å². The highest BCUT2D eigenvalue weighted by Crippen LogP contribution is 2.58. The summed E-state index contributed by atoms with van der Waals surface area (Å²) in [5.74, 6) is 0. The number of hydrogen-bond acceptors (Lipinski definition) is 0. The second-order valence-electron chi connectivity index (χ2n) is 42.8. The van der Waals surface area contributed by atoms with Gasteiger partial charge in [0, 0.05) is 16.2 Å². The van der Waals surface area contributed by atoms with E-state index in [4.69, 9.17) is 0 Å². The van der Waals surface area contributed by atoms with Crippen LogP contribution in [0.2, 0.25) is 0 Å². The van der Waals surface area contributed by atoms with Crippen molar-refractivity contribution < 1.29 is 0 Å². The number of rotatable bonds is 11. The third-order valence-corrected chi connectivity index (χ3v) is 33.1. The summed E-state index contributed by atoms with van der Waals surface area (Å²) in [6.07, 6.45) is 0. The first kappa shape index (κ1) is 89.9. The van der Waals surface area contributed by atoms with Crippen LogP contribution in [-0.2, 0) is 16.2 Å². The highest BCUT2D eigenvalue weighted by atomic mass is 14.4. The molecule has 0 nitrogen and oxygen atoms in total. The van der Waals surface area contributed by atoms with E-state index in [0.717, 1.165) is 0 Å². The maximum absolute atomic E-state index is 2.48. The highest BCUT2D eigenvalue weighted by molar-refractivity contribution is 6.26. The smallest absolute Gasteiger partial charge is 0.0159 e. The number of aryl methyl sites for hydroxylation is 2. The summed E-state index contributed by atoms with van der Waals surface area (Å²) < 4.78 is 0. The Balaban J connectivity index is 0.000000110. The molecule has 0 aliphatic heterocycles. The van der Waals surface area contributed by atoms with E-state index in [2.05, 4.69) is 565 Å². The fourth-order valence-corrected chi connectivity index (χ4v) is 25.7. The Bertz CT molecular complexity index is 10000. The van der Waals surface area contributed by atoms with Gasteiger partial charge >= 0.3 is 0 Å². The van der Waals surface area contributed by atoms with Crippen molar-refractivity contribution in [3.63, 3.8) is 0 Å². The van der Waals surface area contributed by atoms with Crippen LogP contribution in [0.3, 0.4) is 0 Å². The Morgan fingerprint density at radius 2 is 0.369 bits per heavy atom. The van der Waals surface area contributed by atoms with Gasteiger partial charge in [-0.15, -0.1) is 0 Å². The Kier molecular flexibility index (Phi) is 21.6. The monoisotopic (exact) mass is 1900 g/mol. The van der Waals surface area contributed by atoms with E-state index in [9.17, 15) is 0 Å². The first-order valence-corrected chi connectivity index (χ1v) is 52.5. The molecule has 0 unspecified atom stereocenters. The average molecular weight is 1900 g/mol. The summed E-state index contributed by atoms with van der Waals surface area (Å²) in [7, 11) is 0. The minimum absolute atomic E-state index is 0.0667. The van der Waals surface area contributed by atoms with Gasteiger partial charge in [0.15, 0.2) is 0 Å². The lowest BCUT2D eigenvalue weighted by Gasteiger charge is -2.23. The SMILES string of the molecule is CC1(C)c2ccccc2-c2ccc(-c3c4ccccc4c(-c4cccc(-c5ccccc5)c4)c4ccc(-c5ccc6ccccc6c5)cc34)cc21.CC1(C)c2ccccc2-c2ccc(-c3c4ccccc4c(-c4ccccc4-c4ccccc4)c4ccc(-c5ccc6ccccc6c5)cc34)cc21.Cc1ccc(-c2c3ccccc3c(-c3ccc4c(c3)C(C)(C)c3ccccc3-4)c3cc(-c4ccc5ccccc5c4)ccc23)c(C)c1. The summed E-state index contributed by atoms with van der Waals surface area (Å²) in [5.41, 5.74) is 46.5. The predicted octanol–water partition coefficient (Wildman–Crippen LogP) is 41.3. The average Bonchev–Trinajstić information content (AvgIpc) is 1.66. The van der Waals surface area contributed by atoms with Crippen LogP contribution in [0.15, 0.2) is 510 Å². The van der Waals surface area contributed by atoms with E-state index < -0.39 is 0 Å². The summed E-state index contributed by atoms with van der Waals surface area (Å²) in [4.78, 5) is 0. The molecule has 0 aromatic heterocycles. The van der Waals surface area contributed by atoms with Gasteiger partial charge in [-0.25, -0.2) is 0 Å². The van der Waals surface area contributed by atoms with Crippen LogP contribution < -0.4 is 0 Å². The van der Waals surface area contributed by atoms with Crippen molar-refractivity contribution in [2.45, 2.75) is 71.6 Å². The van der Waals surface area contributed by atoms with Crippen molar-refractivity contribution in [2.24, 2.45) is 0 Å². The lowest BCUT2D eigenvalue weighted by atomic mass is 9.80. The molecule has 3 aliphatic rings. The minimum Gasteiger partial charge on any atom is -0.0622 e. The van der Waals surface area contributed by atoms with E-state index >= 15 is 0 Å². The van der Waals surface area contributed by atoms with Crippen molar-refractivity contribution in [2.75, 3.05) is 0 Å². The second-order valence-corrected chi connectivity index (χ2v) is 42.8. The molecule has 0 N–H and O–H groups in total. The highest BCUT2D eigenvalue weighted by Gasteiger charge is 2.40. The molecule has 0 amide bonds. The van der Waals surface area contributed by atoms with Crippen molar-refractivity contribution in [1.82, 2.24) is 0 Å². The van der Waals surface area contributed by atoms with Crippen molar-refractivity contribution in [3.05, 3.63) is 554 Å². The van der Waals surface area contributed by atoms with Crippen LogP contribution in [0, 0.1) is 13.8 Å². The van der Waals surface area contributed by atoms with E-state index in [1.54, 1.807) is 0 Å². The molecule has 149 heavy (non-hydrogen) atoms. The Morgan fingerprint density at radius 1 is 0.121 bits per heavy atom. The Labute approximate surface area is 871 Å². The quantitative estimate of drug-likeness (QED) is 0.113. The van der Waals surface area contributed by atoms with Gasteiger partial charge in [0.25, 0.3) is 0 Å². The molecule has 26 aromatic rings. The molecule has 0 spiro atoms. The van der Waals surface area contributed by atoms with Gasteiger partial charge in [-0.2, -0.15) is 0 Å². The van der Waals surface area contributed by atoms with E-state index in [-0.39, 0.29) is 16.2 Å². The van der Waals surface area contributed by atoms with Crippen LogP contribution in [0.25, 0.3) is 253 Å². The molecule has 0 saturated heterocycles. The van der Waals surface area contributed by atoms with E-state index in [1.165, 1.54) is 297 Å². The molecule has 0 radical (unpaired) electrons. The van der Waals surface area contributed by atoms with E-state index in [0.29, 0.717) is 0 Å². The number of benzene rings is 26. The molecule has 0 saturated carbocycles.